The summed E-state index contributed by atoms with van der Waals surface area (Å²) in [6.45, 7) is 0. The summed E-state index contributed by atoms with van der Waals surface area (Å²) in [5.41, 5.74) is 1.87. The van der Waals surface area contributed by atoms with Crippen LogP contribution in [-0.2, 0) is 14.6 Å². The van der Waals surface area contributed by atoms with Gasteiger partial charge in [-0.05, 0) is 41.5 Å². The van der Waals surface area contributed by atoms with Crippen molar-refractivity contribution in [3.63, 3.8) is 0 Å². The first kappa shape index (κ1) is 28.0. The summed E-state index contributed by atoms with van der Waals surface area (Å²) >= 11 is 19.2. The van der Waals surface area contributed by atoms with E-state index in [1.807, 2.05) is 36.4 Å². The lowest BCUT2D eigenvalue weighted by Crippen LogP contribution is -2.13. The molecule has 10 heteroatoms. The van der Waals surface area contributed by atoms with Gasteiger partial charge < -0.3 is 5.09 Å². The van der Waals surface area contributed by atoms with Crippen molar-refractivity contribution >= 4 is 73.6 Å². The molecule has 0 radical (unpaired) electrons. The van der Waals surface area contributed by atoms with Gasteiger partial charge in [0.2, 0.25) is 7.29 Å². The highest BCUT2D eigenvalue weighted by molar-refractivity contribution is 7.92. The average molecular weight is 604 g/mol. The zero-order chi connectivity index (χ0) is 27.2. The van der Waals surface area contributed by atoms with E-state index < -0.39 is 17.3 Å². The number of hydrogen-bond donors (Lipinski definition) is 2. The van der Waals surface area contributed by atoms with Gasteiger partial charge in [0.15, 0.2) is 0 Å². The third-order valence-corrected chi connectivity index (χ3v) is 9.82. The van der Waals surface area contributed by atoms with Crippen LogP contribution in [0.15, 0.2) is 126 Å². The molecule has 0 fully saturated rings. The Morgan fingerprint density at radius 3 is 1.79 bits per heavy atom. The van der Waals surface area contributed by atoms with Gasteiger partial charge in [-0.25, -0.2) is 8.42 Å². The Balaban J connectivity index is 1.71. The van der Waals surface area contributed by atoms with Gasteiger partial charge in [-0.15, -0.1) is 0 Å². The lowest BCUT2D eigenvalue weighted by atomic mass is 10.2. The average Bonchev–Trinajstić information content (AvgIpc) is 2.91. The molecule has 0 heterocycles. The molecule has 0 amide bonds. The second-order valence-electron chi connectivity index (χ2n) is 8.12. The smallest absolute Gasteiger partial charge is 0.262 e. The van der Waals surface area contributed by atoms with E-state index in [-0.39, 0.29) is 31.4 Å². The standard InChI is InChI=1S/C28H22Cl3N2O3PS/c29-25-16-7-8-17-28(25)33-38(35,36)24-15-9-14-23(18-24)32-37(34,19-26(30)21-10-3-1-4-11-21)20-27(31)22-12-5-2-6-13-22/h1-20,33H,(H,32,34)/b26-19+,27-20?. The van der Waals surface area contributed by atoms with Crippen LogP contribution in [0.5, 0.6) is 0 Å². The highest BCUT2D eigenvalue weighted by Gasteiger charge is 2.22. The first-order chi connectivity index (χ1) is 18.2. The third-order valence-electron chi connectivity index (χ3n) is 5.28. The number of hydrogen-bond acceptors (Lipinski definition) is 3. The number of sulfonamides is 1. The predicted molar refractivity (Wildman–Crippen MR) is 160 cm³/mol. The Hall–Kier alpha value is -2.99. The first-order valence-corrected chi connectivity index (χ1v) is 15.7. The van der Waals surface area contributed by atoms with Gasteiger partial charge in [0.1, 0.15) is 0 Å². The zero-order valence-electron chi connectivity index (χ0n) is 19.8. The minimum atomic E-state index is -3.99. The Labute approximate surface area is 237 Å². The van der Waals surface area contributed by atoms with E-state index in [0.717, 1.165) is 0 Å². The fraction of sp³-hybridized carbons (Fsp3) is 0. The molecule has 5 nitrogen and oxygen atoms in total. The highest BCUT2D eigenvalue weighted by Crippen LogP contribution is 2.53. The maximum absolute atomic E-state index is 14.2. The molecule has 0 aliphatic rings. The van der Waals surface area contributed by atoms with E-state index in [9.17, 15) is 13.0 Å². The summed E-state index contributed by atoms with van der Waals surface area (Å²) in [6, 6.07) is 30.6. The number of rotatable bonds is 9. The second kappa shape index (κ2) is 12.2. The van der Waals surface area contributed by atoms with Crippen LogP contribution in [0.4, 0.5) is 11.4 Å². The van der Waals surface area contributed by atoms with Crippen LogP contribution in [0.2, 0.25) is 5.02 Å². The molecule has 1 unspecified atom stereocenters. The highest BCUT2D eigenvalue weighted by atomic mass is 35.5. The largest absolute Gasteiger partial charge is 0.330 e. The van der Waals surface area contributed by atoms with Crippen molar-refractivity contribution < 1.29 is 13.0 Å². The minimum absolute atomic E-state index is 0.0507. The summed E-state index contributed by atoms with van der Waals surface area (Å²) in [7, 11) is -7.60. The van der Waals surface area contributed by atoms with Crippen LogP contribution in [0.3, 0.4) is 0 Å². The summed E-state index contributed by atoms with van der Waals surface area (Å²) in [5.74, 6) is 2.80. The van der Waals surface area contributed by atoms with Crippen LogP contribution in [0.25, 0.3) is 10.1 Å². The van der Waals surface area contributed by atoms with E-state index in [4.69, 9.17) is 34.8 Å². The lowest BCUT2D eigenvalue weighted by Gasteiger charge is -2.17. The molecule has 0 aliphatic heterocycles. The molecule has 0 saturated carbocycles. The number of halogens is 3. The summed E-state index contributed by atoms with van der Waals surface area (Å²) in [4.78, 5) is -0.0507. The SMILES string of the molecule is O=P(C=C(Cl)c1ccccc1)(/C=C(/Cl)c1ccccc1)Nc1cccc(S(=O)(=O)Nc2ccccc2Cl)c1. The van der Waals surface area contributed by atoms with E-state index in [1.54, 1.807) is 60.7 Å². The van der Waals surface area contributed by atoms with Gasteiger partial charge in [0.05, 0.1) is 25.7 Å². The van der Waals surface area contributed by atoms with Crippen molar-refractivity contribution in [2.75, 3.05) is 9.81 Å². The van der Waals surface area contributed by atoms with E-state index >= 15 is 0 Å². The Morgan fingerprint density at radius 2 is 1.24 bits per heavy atom. The lowest BCUT2D eigenvalue weighted by molar-refractivity contribution is 0.589. The molecule has 4 aromatic carbocycles. The number of nitrogens with one attached hydrogen (secondary N) is 2. The quantitative estimate of drug-likeness (QED) is 0.187. The van der Waals surface area contributed by atoms with E-state index in [2.05, 4.69) is 9.81 Å². The fourth-order valence-corrected chi connectivity index (χ4v) is 7.67. The molecule has 0 spiro atoms. The molecule has 194 valence electrons. The number of anilines is 2. The fourth-order valence-electron chi connectivity index (χ4n) is 3.46. The third kappa shape index (κ3) is 7.31. The van der Waals surface area contributed by atoms with Crippen LogP contribution in [0, 0.1) is 0 Å². The molecule has 38 heavy (non-hydrogen) atoms. The van der Waals surface area contributed by atoms with Gasteiger partial charge in [-0.3, -0.25) is 9.29 Å². The molecule has 4 aromatic rings. The minimum Gasteiger partial charge on any atom is -0.330 e. The normalized spacial score (nSPS) is 14.0. The predicted octanol–water partition coefficient (Wildman–Crippen LogP) is 9.31. The van der Waals surface area contributed by atoms with Crippen LogP contribution >= 0.6 is 42.1 Å². The zero-order valence-corrected chi connectivity index (χ0v) is 23.7. The van der Waals surface area contributed by atoms with Gasteiger partial charge in [-0.2, -0.15) is 0 Å². The Morgan fingerprint density at radius 1 is 0.711 bits per heavy atom. The van der Waals surface area contributed by atoms with Crippen molar-refractivity contribution in [3.8, 4) is 0 Å². The molecular formula is C28H22Cl3N2O3PS. The first-order valence-electron chi connectivity index (χ1n) is 11.3. The number of benzene rings is 4. The monoisotopic (exact) mass is 602 g/mol. The molecular weight excluding hydrogens is 582 g/mol. The molecule has 0 bridgehead atoms. The van der Waals surface area contributed by atoms with Gasteiger partial charge in [-0.1, -0.05) is 114 Å². The van der Waals surface area contributed by atoms with Crippen LogP contribution in [0.1, 0.15) is 11.1 Å². The summed E-state index contributed by atoms with van der Waals surface area (Å²) in [6.07, 6.45) is 0. The maximum Gasteiger partial charge on any atom is 0.262 e. The molecule has 0 saturated heterocycles. The molecule has 1 atom stereocenters. The van der Waals surface area contributed by atoms with Gasteiger partial charge in [0, 0.05) is 17.3 Å². The van der Waals surface area contributed by atoms with Crippen LogP contribution in [-0.4, -0.2) is 8.42 Å². The topological polar surface area (TPSA) is 75.3 Å². The Kier molecular flexibility index (Phi) is 9.03. The second-order valence-corrected chi connectivity index (χ2v) is 13.2. The van der Waals surface area contributed by atoms with Crippen molar-refractivity contribution in [1.82, 2.24) is 0 Å². The molecule has 2 N–H and O–H groups in total. The Bertz CT molecular complexity index is 1580. The number of para-hydroxylation sites is 1. The molecule has 0 aliphatic carbocycles. The van der Waals surface area contributed by atoms with E-state index in [0.29, 0.717) is 11.1 Å². The van der Waals surface area contributed by atoms with Crippen molar-refractivity contribution in [2.45, 2.75) is 4.90 Å². The van der Waals surface area contributed by atoms with Crippen LogP contribution < -0.4 is 9.81 Å². The summed E-state index contributed by atoms with van der Waals surface area (Å²) < 4.78 is 42.8. The van der Waals surface area contributed by atoms with E-state index in [1.165, 1.54) is 23.8 Å². The van der Waals surface area contributed by atoms with Gasteiger partial charge in [0.25, 0.3) is 10.0 Å². The van der Waals surface area contributed by atoms with Crippen molar-refractivity contribution in [1.29, 1.82) is 0 Å². The van der Waals surface area contributed by atoms with Crippen molar-refractivity contribution in [2.24, 2.45) is 0 Å². The molecule has 4 rings (SSSR count). The van der Waals surface area contributed by atoms with Crippen molar-refractivity contribution in [3.05, 3.63) is 137 Å². The summed E-state index contributed by atoms with van der Waals surface area (Å²) in [5, 5.41) is 3.72. The van der Waals surface area contributed by atoms with Gasteiger partial charge >= 0.3 is 0 Å². The molecule has 0 aromatic heterocycles. The maximum atomic E-state index is 14.2.